The molecule has 2 aliphatic rings. The molecule has 0 amide bonds. The van der Waals surface area contributed by atoms with Gasteiger partial charge in [-0.25, -0.2) is 8.42 Å². The molecule has 19 heavy (non-hydrogen) atoms. The van der Waals surface area contributed by atoms with E-state index in [1.165, 1.54) is 0 Å². The van der Waals surface area contributed by atoms with Crippen LogP contribution < -0.4 is 5.32 Å². The lowest BCUT2D eigenvalue weighted by Gasteiger charge is -2.29. The van der Waals surface area contributed by atoms with Gasteiger partial charge in [0.1, 0.15) is 0 Å². The number of rotatable bonds is 5. The van der Waals surface area contributed by atoms with E-state index in [1.54, 1.807) is 22.8 Å². The predicted molar refractivity (Wildman–Crippen MR) is 73.3 cm³/mol. The number of H-pyrrole nitrogens is 1. The van der Waals surface area contributed by atoms with Crippen LogP contribution in [0.2, 0.25) is 0 Å². The van der Waals surface area contributed by atoms with Crippen molar-refractivity contribution in [2.75, 3.05) is 19.6 Å². The highest BCUT2D eigenvalue weighted by Gasteiger charge is 2.39. The molecule has 1 aromatic rings. The second-order valence-corrected chi connectivity index (χ2v) is 7.46. The number of hydrogen-bond donors (Lipinski definition) is 2. The molecule has 1 unspecified atom stereocenters. The second kappa shape index (κ2) is 5.26. The molecule has 2 N–H and O–H groups in total. The predicted octanol–water partition coefficient (Wildman–Crippen LogP) is 1.17. The van der Waals surface area contributed by atoms with Gasteiger partial charge in [0.25, 0.3) is 0 Å². The van der Waals surface area contributed by atoms with Crippen LogP contribution in [0.3, 0.4) is 0 Å². The van der Waals surface area contributed by atoms with Crippen LogP contribution in [-0.2, 0) is 10.0 Å². The number of nitrogens with one attached hydrogen (secondary N) is 2. The van der Waals surface area contributed by atoms with Crippen molar-refractivity contribution in [3.63, 3.8) is 0 Å². The van der Waals surface area contributed by atoms with Crippen molar-refractivity contribution in [1.29, 1.82) is 0 Å². The number of sulfonamides is 1. The van der Waals surface area contributed by atoms with E-state index in [4.69, 9.17) is 0 Å². The van der Waals surface area contributed by atoms with Crippen molar-refractivity contribution >= 4 is 10.0 Å². The lowest BCUT2D eigenvalue weighted by atomic mass is 10.00. The van der Waals surface area contributed by atoms with Crippen molar-refractivity contribution in [3.05, 3.63) is 18.5 Å². The minimum Gasteiger partial charge on any atom is -0.366 e. The van der Waals surface area contributed by atoms with E-state index in [0.29, 0.717) is 17.4 Å². The standard InChI is InChI=1S/C13H21N3O2S/c17-19(18,13-5-7-15-9-13)16(12-3-4-12)10-11-2-1-6-14-8-11/h5,7,9,11-12,14-15H,1-4,6,8,10H2. The molecule has 3 rings (SSSR count). The highest BCUT2D eigenvalue weighted by Crippen LogP contribution is 2.33. The van der Waals surface area contributed by atoms with Gasteiger partial charge in [-0.2, -0.15) is 4.31 Å². The van der Waals surface area contributed by atoms with Crippen LogP contribution in [0.1, 0.15) is 25.7 Å². The molecule has 1 saturated carbocycles. The molecule has 1 aliphatic carbocycles. The Labute approximate surface area is 114 Å². The molecular weight excluding hydrogens is 262 g/mol. The highest BCUT2D eigenvalue weighted by atomic mass is 32.2. The first-order valence-electron chi connectivity index (χ1n) is 7.03. The summed E-state index contributed by atoms with van der Waals surface area (Å²) in [4.78, 5) is 3.23. The third kappa shape index (κ3) is 2.85. The van der Waals surface area contributed by atoms with Crippen LogP contribution in [0.15, 0.2) is 23.4 Å². The van der Waals surface area contributed by atoms with E-state index in [9.17, 15) is 8.42 Å². The van der Waals surface area contributed by atoms with Crippen LogP contribution in [0.25, 0.3) is 0 Å². The maximum atomic E-state index is 12.6. The Morgan fingerprint density at radius 1 is 1.32 bits per heavy atom. The number of nitrogens with zero attached hydrogens (tertiary/aromatic N) is 1. The molecular formula is C13H21N3O2S. The van der Waals surface area contributed by atoms with E-state index < -0.39 is 10.0 Å². The lowest BCUT2D eigenvalue weighted by molar-refractivity contribution is 0.287. The Morgan fingerprint density at radius 3 is 2.74 bits per heavy atom. The largest absolute Gasteiger partial charge is 0.366 e. The Bertz CT molecular complexity index is 502. The maximum Gasteiger partial charge on any atom is 0.244 e. The Morgan fingerprint density at radius 2 is 2.16 bits per heavy atom. The van der Waals surface area contributed by atoms with E-state index in [1.807, 2.05) is 0 Å². The number of hydrogen-bond acceptors (Lipinski definition) is 3. The summed E-state index contributed by atoms with van der Waals surface area (Å²) >= 11 is 0. The summed E-state index contributed by atoms with van der Waals surface area (Å²) in [7, 11) is -3.32. The minimum atomic E-state index is -3.32. The van der Waals surface area contributed by atoms with Crippen LogP contribution in [0, 0.1) is 5.92 Å². The van der Waals surface area contributed by atoms with Crippen molar-refractivity contribution in [2.45, 2.75) is 36.6 Å². The zero-order valence-corrected chi connectivity index (χ0v) is 11.8. The first-order valence-corrected chi connectivity index (χ1v) is 8.47. The molecule has 0 spiro atoms. The SMILES string of the molecule is O=S(=O)(c1cc[nH]c1)N(CC1CCCNC1)C1CC1. The van der Waals surface area contributed by atoms with Gasteiger partial charge in [0.2, 0.25) is 10.0 Å². The van der Waals surface area contributed by atoms with Gasteiger partial charge in [0.05, 0.1) is 4.90 Å². The summed E-state index contributed by atoms with van der Waals surface area (Å²) in [6.45, 7) is 2.65. The summed E-state index contributed by atoms with van der Waals surface area (Å²) in [5.74, 6) is 0.447. The molecule has 0 aromatic carbocycles. The zero-order valence-electron chi connectivity index (χ0n) is 11.0. The van der Waals surface area contributed by atoms with Crippen molar-refractivity contribution in [3.8, 4) is 0 Å². The van der Waals surface area contributed by atoms with Crippen molar-refractivity contribution in [1.82, 2.24) is 14.6 Å². The number of aromatic nitrogens is 1. The Hall–Kier alpha value is -0.850. The van der Waals surface area contributed by atoms with Gasteiger partial charge in [-0.3, -0.25) is 0 Å². The molecule has 6 heteroatoms. The molecule has 106 valence electrons. The molecule has 2 fully saturated rings. The average molecular weight is 283 g/mol. The smallest absolute Gasteiger partial charge is 0.244 e. The van der Waals surface area contributed by atoms with E-state index >= 15 is 0 Å². The Kier molecular flexibility index (Phi) is 3.64. The summed E-state index contributed by atoms with van der Waals surface area (Å²) in [6.07, 6.45) is 7.52. The van der Waals surface area contributed by atoms with Crippen LogP contribution >= 0.6 is 0 Å². The summed E-state index contributed by atoms with van der Waals surface area (Å²) in [6, 6.07) is 1.87. The molecule has 1 atom stereocenters. The van der Waals surface area contributed by atoms with Crippen LogP contribution in [0.5, 0.6) is 0 Å². The zero-order chi connectivity index (χ0) is 13.3. The van der Waals surface area contributed by atoms with Gasteiger partial charge in [-0.1, -0.05) is 0 Å². The number of piperidine rings is 1. The van der Waals surface area contributed by atoms with Crippen molar-refractivity contribution < 1.29 is 8.42 Å². The van der Waals surface area contributed by atoms with Gasteiger partial charge >= 0.3 is 0 Å². The summed E-state index contributed by atoms with van der Waals surface area (Å²) in [5.41, 5.74) is 0. The van der Waals surface area contributed by atoms with Gasteiger partial charge in [-0.15, -0.1) is 0 Å². The monoisotopic (exact) mass is 283 g/mol. The lowest BCUT2D eigenvalue weighted by Crippen LogP contribution is -2.42. The molecule has 1 aromatic heterocycles. The van der Waals surface area contributed by atoms with Crippen LogP contribution in [-0.4, -0.2) is 43.4 Å². The molecule has 1 saturated heterocycles. The van der Waals surface area contributed by atoms with Gasteiger partial charge < -0.3 is 10.3 Å². The first kappa shape index (κ1) is 13.1. The molecule has 1 aliphatic heterocycles. The van der Waals surface area contributed by atoms with Gasteiger partial charge in [-0.05, 0) is 50.8 Å². The third-order valence-corrected chi connectivity index (χ3v) is 5.88. The maximum absolute atomic E-state index is 12.6. The molecule has 2 heterocycles. The first-order chi connectivity index (χ1) is 9.18. The average Bonchev–Trinajstić information content (AvgIpc) is 3.09. The minimum absolute atomic E-state index is 0.224. The molecule has 5 nitrogen and oxygen atoms in total. The topological polar surface area (TPSA) is 65.2 Å². The fraction of sp³-hybridized carbons (Fsp3) is 0.692. The van der Waals surface area contributed by atoms with E-state index in [-0.39, 0.29) is 6.04 Å². The van der Waals surface area contributed by atoms with E-state index in [2.05, 4.69) is 10.3 Å². The fourth-order valence-corrected chi connectivity index (χ4v) is 4.48. The van der Waals surface area contributed by atoms with Gasteiger partial charge in [0, 0.05) is 25.0 Å². The number of aromatic amines is 1. The van der Waals surface area contributed by atoms with E-state index in [0.717, 1.165) is 38.8 Å². The molecule has 0 radical (unpaired) electrons. The summed E-state index contributed by atoms with van der Waals surface area (Å²) < 4.78 is 27.0. The normalized spacial score (nSPS) is 24.8. The Balaban J connectivity index is 1.77. The second-order valence-electron chi connectivity index (χ2n) is 5.56. The highest BCUT2D eigenvalue weighted by molar-refractivity contribution is 7.89. The fourth-order valence-electron chi connectivity index (χ4n) is 2.74. The third-order valence-electron chi connectivity index (χ3n) is 3.97. The summed E-state index contributed by atoms with van der Waals surface area (Å²) in [5, 5.41) is 3.36. The van der Waals surface area contributed by atoms with Crippen LogP contribution in [0.4, 0.5) is 0 Å². The molecule has 0 bridgehead atoms. The van der Waals surface area contributed by atoms with Crippen molar-refractivity contribution in [2.24, 2.45) is 5.92 Å². The quantitative estimate of drug-likeness (QED) is 0.852. The van der Waals surface area contributed by atoms with Gasteiger partial charge in [0.15, 0.2) is 0 Å².